The fourth-order valence-corrected chi connectivity index (χ4v) is 2.84. The van der Waals surface area contributed by atoms with Crippen LogP contribution in [0.1, 0.15) is 6.23 Å². The Labute approximate surface area is 119 Å². The molecule has 0 amide bonds. The highest BCUT2D eigenvalue weighted by atomic mass is 16.8. The van der Waals surface area contributed by atoms with Gasteiger partial charge in [-0.05, 0) is 6.07 Å². The summed E-state index contributed by atoms with van der Waals surface area (Å²) in [6.45, 7) is -0.394. The van der Waals surface area contributed by atoms with Gasteiger partial charge >= 0.3 is 0 Å². The number of aliphatic hydroxyl groups excluding tert-OH is 1. The Kier molecular flexibility index (Phi) is 2.22. The Bertz CT molecular complexity index is 784. The van der Waals surface area contributed by atoms with Crippen LogP contribution in [0, 0.1) is 12.3 Å². The second-order valence-corrected chi connectivity index (χ2v) is 5.13. The average Bonchev–Trinajstić information content (AvgIpc) is 2.97. The number of hydrogen-bond donors (Lipinski definition) is 3. The van der Waals surface area contributed by atoms with E-state index in [4.69, 9.17) is 21.6 Å². The first-order valence-corrected chi connectivity index (χ1v) is 6.29. The van der Waals surface area contributed by atoms with Gasteiger partial charge in [-0.25, -0.2) is 9.97 Å². The number of aliphatic hydroxyl groups is 2. The van der Waals surface area contributed by atoms with Crippen LogP contribution in [0.4, 0.5) is 5.82 Å². The van der Waals surface area contributed by atoms with Gasteiger partial charge in [-0.1, -0.05) is 5.92 Å². The molecule has 2 fully saturated rings. The zero-order valence-electron chi connectivity index (χ0n) is 10.8. The maximum Gasteiger partial charge on any atom is 0.225 e. The lowest BCUT2D eigenvalue weighted by atomic mass is 9.98. The maximum absolute atomic E-state index is 10.7. The third-order valence-corrected chi connectivity index (χ3v) is 3.99. The van der Waals surface area contributed by atoms with Crippen molar-refractivity contribution in [2.75, 3.05) is 12.3 Å². The van der Waals surface area contributed by atoms with Crippen molar-refractivity contribution in [1.82, 2.24) is 14.5 Å². The first kappa shape index (κ1) is 12.6. The number of nitrogens with zero attached hydrogens (tertiary/aromatic N) is 3. The number of anilines is 1. The number of fused-ring (bicyclic) bond motifs is 2. The topological polar surface area (TPSA) is 119 Å². The fraction of sp³-hybridized carbons (Fsp3) is 0.385. The Hall–Kier alpha value is -2.18. The summed E-state index contributed by atoms with van der Waals surface area (Å²) in [4.78, 5) is 8.05. The molecule has 2 saturated heterocycles. The summed E-state index contributed by atoms with van der Waals surface area (Å²) in [6, 6.07) is 1.71. The Morgan fingerprint density at radius 2 is 2.29 bits per heavy atom. The molecule has 2 aromatic heterocycles. The van der Waals surface area contributed by atoms with E-state index in [0.29, 0.717) is 16.9 Å². The van der Waals surface area contributed by atoms with Crippen molar-refractivity contribution in [3.8, 4) is 12.3 Å². The zero-order chi connectivity index (χ0) is 14.8. The molecule has 0 aromatic carbocycles. The standard InChI is InChI=1S/C13H12N4O4/c1-2-12(19)10-13(5-18,20-10)21-11(12)17-4-3-7-8(14)15-6-16-9(7)17/h1,3-4,6,10-11,18-19H,5H2,(H2,14,15,16)/t10-,11-,12?,13?/m1/s1. The van der Waals surface area contributed by atoms with E-state index < -0.39 is 30.3 Å². The molecule has 0 radical (unpaired) electrons. The van der Waals surface area contributed by atoms with E-state index in [-0.39, 0.29) is 0 Å². The number of epoxide rings is 1. The molecule has 2 aliphatic heterocycles. The Morgan fingerprint density at radius 3 is 3.00 bits per heavy atom. The average molecular weight is 288 g/mol. The molecule has 4 atom stereocenters. The van der Waals surface area contributed by atoms with Gasteiger partial charge < -0.3 is 30.0 Å². The number of nitrogen functional groups attached to an aromatic ring is 1. The summed E-state index contributed by atoms with van der Waals surface area (Å²) in [7, 11) is 0. The predicted octanol–water partition coefficient (Wildman–Crippen LogP) is -1.01. The van der Waals surface area contributed by atoms with E-state index in [9.17, 15) is 10.2 Å². The molecular weight excluding hydrogens is 276 g/mol. The monoisotopic (exact) mass is 288 g/mol. The van der Waals surface area contributed by atoms with Crippen LogP contribution in [0.25, 0.3) is 11.0 Å². The van der Waals surface area contributed by atoms with Gasteiger partial charge in [-0.3, -0.25) is 0 Å². The van der Waals surface area contributed by atoms with Gasteiger partial charge in [-0.2, -0.15) is 0 Å². The van der Waals surface area contributed by atoms with Crippen LogP contribution in [0.15, 0.2) is 18.6 Å². The smallest absolute Gasteiger partial charge is 0.225 e. The Balaban J connectivity index is 1.86. The van der Waals surface area contributed by atoms with Gasteiger partial charge in [-0.15, -0.1) is 6.42 Å². The maximum atomic E-state index is 10.7. The van der Waals surface area contributed by atoms with Gasteiger partial charge in [0.1, 0.15) is 24.4 Å². The van der Waals surface area contributed by atoms with E-state index in [2.05, 4.69) is 15.9 Å². The molecule has 8 nitrogen and oxygen atoms in total. The molecule has 4 heterocycles. The first-order valence-electron chi connectivity index (χ1n) is 6.29. The SMILES string of the molecule is C#CC1(O)[C@H](n2ccc3c(N)ncnc32)OC2(CO)O[C@@H]21. The minimum atomic E-state index is -1.70. The lowest BCUT2D eigenvalue weighted by Gasteiger charge is -2.27. The molecule has 2 aromatic rings. The number of ether oxygens (including phenoxy) is 2. The summed E-state index contributed by atoms with van der Waals surface area (Å²) in [5.41, 5.74) is 4.57. The van der Waals surface area contributed by atoms with Gasteiger partial charge in [0.05, 0.1) is 5.39 Å². The highest BCUT2D eigenvalue weighted by Gasteiger charge is 2.77. The molecule has 0 saturated carbocycles. The predicted molar refractivity (Wildman–Crippen MR) is 70.5 cm³/mol. The molecule has 2 unspecified atom stereocenters. The number of rotatable bonds is 2. The van der Waals surface area contributed by atoms with Crippen LogP contribution in [0.2, 0.25) is 0 Å². The van der Waals surface area contributed by atoms with Crippen LogP contribution >= 0.6 is 0 Å². The summed E-state index contributed by atoms with van der Waals surface area (Å²) in [6.07, 6.45) is 6.72. The normalized spacial score (nSPS) is 37.4. The molecule has 0 aliphatic carbocycles. The summed E-state index contributed by atoms with van der Waals surface area (Å²) in [5, 5.41) is 20.7. The van der Waals surface area contributed by atoms with E-state index in [1.165, 1.54) is 6.33 Å². The van der Waals surface area contributed by atoms with Crippen molar-refractivity contribution in [3.05, 3.63) is 18.6 Å². The lowest BCUT2D eigenvalue weighted by molar-refractivity contribution is -0.179. The molecule has 0 bridgehead atoms. The van der Waals surface area contributed by atoms with Crippen molar-refractivity contribution in [2.45, 2.75) is 23.7 Å². The molecule has 4 N–H and O–H groups in total. The summed E-state index contributed by atoms with van der Waals surface area (Å²) < 4.78 is 12.5. The van der Waals surface area contributed by atoms with Gasteiger partial charge in [0.15, 0.2) is 12.3 Å². The third kappa shape index (κ3) is 1.38. The van der Waals surface area contributed by atoms with E-state index >= 15 is 0 Å². The van der Waals surface area contributed by atoms with E-state index in [0.717, 1.165) is 0 Å². The first-order chi connectivity index (χ1) is 10.1. The largest absolute Gasteiger partial charge is 0.391 e. The minimum absolute atomic E-state index is 0.319. The van der Waals surface area contributed by atoms with Crippen LogP contribution < -0.4 is 5.73 Å². The molecule has 8 heteroatoms. The molecule has 4 rings (SSSR count). The Morgan fingerprint density at radius 1 is 1.48 bits per heavy atom. The highest BCUT2D eigenvalue weighted by Crippen LogP contribution is 2.57. The van der Waals surface area contributed by atoms with E-state index in [1.807, 2.05) is 0 Å². The quantitative estimate of drug-likeness (QED) is 0.478. The summed E-state index contributed by atoms with van der Waals surface area (Å²) >= 11 is 0. The zero-order valence-corrected chi connectivity index (χ0v) is 10.8. The lowest BCUT2D eigenvalue weighted by Crippen LogP contribution is -2.40. The van der Waals surface area contributed by atoms with Crippen molar-refractivity contribution < 1.29 is 19.7 Å². The van der Waals surface area contributed by atoms with E-state index in [1.54, 1.807) is 16.8 Å². The van der Waals surface area contributed by atoms with Crippen molar-refractivity contribution >= 4 is 16.9 Å². The second kappa shape index (κ2) is 3.72. The second-order valence-electron chi connectivity index (χ2n) is 5.13. The number of aromatic nitrogens is 3. The molecule has 2 aliphatic rings. The molecule has 0 spiro atoms. The highest BCUT2D eigenvalue weighted by molar-refractivity contribution is 5.86. The van der Waals surface area contributed by atoms with Crippen molar-refractivity contribution in [3.63, 3.8) is 0 Å². The molecule has 21 heavy (non-hydrogen) atoms. The number of hydrogen-bond acceptors (Lipinski definition) is 7. The molecule has 108 valence electrons. The van der Waals surface area contributed by atoms with Crippen LogP contribution in [-0.2, 0) is 9.47 Å². The number of nitrogens with two attached hydrogens (primary N) is 1. The minimum Gasteiger partial charge on any atom is -0.391 e. The van der Waals surface area contributed by atoms with Gasteiger partial charge in [0.2, 0.25) is 11.4 Å². The molecular formula is C13H12N4O4. The third-order valence-electron chi connectivity index (χ3n) is 3.99. The number of terminal acetylenes is 1. The van der Waals surface area contributed by atoms with Gasteiger partial charge in [0.25, 0.3) is 0 Å². The van der Waals surface area contributed by atoms with Gasteiger partial charge in [0, 0.05) is 6.20 Å². The fourth-order valence-electron chi connectivity index (χ4n) is 2.84. The van der Waals surface area contributed by atoms with Crippen LogP contribution in [-0.4, -0.2) is 48.8 Å². The summed E-state index contributed by atoms with van der Waals surface area (Å²) in [5.74, 6) is 1.38. The van der Waals surface area contributed by atoms with Crippen LogP contribution in [0.3, 0.4) is 0 Å². The van der Waals surface area contributed by atoms with Crippen molar-refractivity contribution in [2.24, 2.45) is 0 Å². The van der Waals surface area contributed by atoms with Crippen molar-refractivity contribution in [1.29, 1.82) is 0 Å². The van der Waals surface area contributed by atoms with Crippen LogP contribution in [0.5, 0.6) is 0 Å².